The minimum atomic E-state index is 0.635. The molecule has 0 saturated carbocycles. The first-order chi connectivity index (χ1) is 9.63. The fourth-order valence-electron chi connectivity index (χ4n) is 1.87. The van der Waals surface area contributed by atoms with Gasteiger partial charge in [-0.25, -0.2) is 9.97 Å². The van der Waals surface area contributed by atoms with Crippen LogP contribution < -0.4 is 5.32 Å². The van der Waals surface area contributed by atoms with Crippen molar-refractivity contribution in [3.8, 4) is 0 Å². The van der Waals surface area contributed by atoms with E-state index in [4.69, 9.17) is 11.6 Å². The summed E-state index contributed by atoms with van der Waals surface area (Å²) < 4.78 is 3.73. The van der Waals surface area contributed by atoms with Gasteiger partial charge in [0.05, 0.1) is 30.3 Å². The molecule has 0 spiro atoms. The highest BCUT2D eigenvalue weighted by molar-refractivity contribution is 9.10. The number of nitrogens with one attached hydrogen (secondary N) is 1. The Hall–Kier alpha value is -1.11. The maximum Gasteiger partial charge on any atom is 0.155 e. The Kier molecular flexibility index (Phi) is 3.96. The van der Waals surface area contributed by atoms with Gasteiger partial charge in [0.25, 0.3) is 0 Å². The molecular weight excluding hydrogens is 407 g/mol. The topological polar surface area (TPSA) is 42.2 Å². The molecule has 102 valence electrons. The highest BCUT2D eigenvalue weighted by atomic mass is 79.9. The van der Waals surface area contributed by atoms with E-state index in [1.54, 1.807) is 6.20 Å². The molecule has 0 unspecified atom stereocenters. The number of benzene rings is 1. The molecule has 3 aromatic rings. The van der Waals surface area contributed by atoms with Crippen molar-refractivity contribution in [1.29, 1.82) is 0 Å². The Labute approximate surface area is 137 Å². The zero-order valence-corrected chi connectivity index (χ0v) is 14.1. The zero-order valence-electron chi connectivity index (χ0n) is 10.1. The smallest absolute Gasteiger partial charge is 0.155 e. The van der Waals surface area contributed by atoms with E-state index in [0.29, 0.717) is 11.6 Å². The van der Waals surface area contributed by atoms with Crippen molar-refractivity contribution in [2.45, 2.75) is 6.54 Å². The molecule has 0 radical (unpaired) electrons. The van der Waals surface area contributed by atoms with Gasteiger partial charge in [-0.2, -0.15) is 0 Å². The lowest BCUT2D eigenvalue weighted by Gasteiger charge is -2.09. The van der Waals surface area contributed by atoms with Gasteiger partial charge in [-0.1, -0.05) is 11.6 Å². The predicted molar refractivity (Wildman–Crippen MR) is 87.2 cm³/mol. The highest BCUT2D eigenvalue weighted by Crippen LogP contribution is 2.26. The van der Waals surface area contributed by atoms with Crippen LogP contribution in [0.5, 0.6) is 0 Å². The van der Waals surface area contributed by atoms with Crippen molar-refractivity contribution >= 4 is 54.8 Å². The Balaban J connectivity index is 1.86. The number of fused-ring (bicyclic) bond motifs is 1. The summed E-state index contributed by atoms with van der Waals surface area (Å²) in [5, 5.41) is 4.04. The molecule has 1 N–H and O–H groups in total. The Bertz CT molecular complexity index is 772. The van der Waals surface area contributed by atoms with Gasteiger partial charge < -0.3 is 5.32 Å². The van der Waals surface area contributed by atoms with Gasteiger partial charge in [0, 0.05) is 15.7 Å². The van der Waals surface area contributed by atoms with Gasteiger partial charge in [-0.05, 0) is 50.1 Å². The summed E-state index contributed by atoms with van der Waals surface area (Å²) in [6.07, 6.45) is 5.45. The number of halogens is 3. The molecular formula is C13H9Br2ClN4. The number of anilines is 1. The lowest BCUT2D eigenvalue weighted by molar-refractivity contribution is 0.982. The van der Waals surface area contributed by atoms with Crippen LogP contribution in [0.3, 0.4) is 0 Å². The van der Waals surface area contributed by atoms with Crippen LogP contribution in [0.4, 0.5) is 5.69 Å². The van der Waals surface area contributed by atoms with Crippen LogP contribution in [0, 0.1) is 0 Å². The monoisotopic (exact) mass is 414 g/mol. The van der Waals surface area contributed by atoms with Gasteiger partial charge in [0.1, 0.15) is 4.60 Å². The second-order valence-electron chi connectivity index (χ2n) is 4.17. The van der Waals surface area contributed by atoms with E-state index < -0.39 is 0 Å². The number of hydrogen-bond donors (Lipinski definition) is 1. The van der Waals surface area contributed by atoms with Crippen LogP contribution in [0.15, 0.2) is 45.9 Å². The lowest BCUT2D eigenvalue weighted by atomic mass is 10.3. The Morgan fingerprint density at radius 1 is 1.20 bits per heavy atom. The number of rotatable bonds is 3. The van der Waals surface area contributed by atoms with Crippen molar-refractivity contribution in [3.63, 3.8) is 0 Å². The van der Waals surface area contributed by atoms with E-state index in [2.05, 4.69) is 47.1 Å². The van der Waals surface area contributed by atoms with Gasteiger partial charge >= 0.3 is 0 Å². The van der Waals surface area contributed by atoms with Crippen molar-refractivity contribution in [1.82, 2.24) is 14.4 Å². The van der Waals surface area contributed by atoms with E-state index in [9.17, 15) is 0 Å². The van der Waals surface area contributed by atoms with E-state index in [-0.39, 0.29) is 0 Å². The molecule has 0 aliphatic carbocycles. The van der Waals surface area contributed by atoms with E-state index in [1.807, 2.05) is 35.0 Å². The summed E-state index contributed by atoms with van der Waals surface area (Å²) in [7, 11) is 0. The lowest BCUT2D eigenvalue weighted by Crippen LogP contribution is -2.03. The fraction of sp³-hybridized carbons (Fsp3) is 0.0769. The maximum atomic E-state index is 6.00. The van der Waals surface area contributed by atoms with Crippen LogP contribution in [0.25, 0.3) is 5.65 Å². The van der Waals surface area contributed by atoms with Crippen molar-refractivity contribution in [2.24, 2.45) is 0 Å². The first-order valence-corrected chi connectivity index (χ1v) is 7.76. The number of imidazole rings is 1. The summed E-state index contributed by atoms with van der Waals surface area (Å²) >= 11 is 12.9. The number of aromatic nitrogens is 3. The third kappa shape index (κ3) is 2.82. The van der Waals surface area contributed by atoms with Gasteiger partial charge in [0.15, 0.2) is 5.65 Å². The number of nitrogens with zero attached hydrogens (tertiary/aromatic N) is 3. The average molecular weight is 417 g/mol. The van der Waals surface area contributed by atoms with Gasteiger partial charge in [-0.15, -0.1) is 0 Å². The maximum absolute atomic E-state index is 6.00. The first kappa shape index (κ1) is 13.9. The van der Waals surface area contributed by atoms with E-state index >= 15 is 0 Å². The fourth-order valence-corrected chi connectivity index (χ4v) is 2.73. The second kappa shape index (κ2) is 5.71. The van der Waals surface area contributed by atoms with Gasteiger partial charge in [-0.3, -0.25) is 4.40 Å². The Morgan fingerprint density at radius 2 is 2.05 bits per heavy atom. The molecule has 1 aromatic carbocycles. The SMILES string of the molecule is Clc1ccc(Br)c(NCc2cnc3cnc(Br)cn23)c1. The summed E-state index contributed by atoms with van der Waals surface area (Å²) in [5.74, 6) is 0. The molecule has 3 rings (SSSR count). The third-order valence-corrected chi connectivity index (χ3v) is 4.17. The van der Waals surface area contributed by atoms with Crippen molar-refractivity contribution in [2.75, 3.05) is 5.32 Å². The van der Waals surface area contributed by atoms with Crippen molar-refractivity contribution < 1.29 is 0 Å². The largest absolute Gasteiger partial charge is 0.378 e. The summed E-state index contributed by atoms with van der Waals surface area (Å²) in [6, 6.07) is 5.64. The minimum absolute atomic E-state index is 0.635. The average Bonchev–Trinajstić information content (AvgIpc) is 2.82. The molecule has 4 nitrogen and oxygen atoms in total. The van der Waals surface area contributed by atoms with Crippen LogP contribution in [0.1, 0.15) is 5.69 Å². The first-order valence-electron chi connectivity index (χ1n) is 5.80. The molecule has 0 bridgehead atoms. The summed E-state index contributed by atoms with van der Waals surface area (Å²) in [5.41, 5.74) is 2.80. The zero-order chi connectivity index (χ0) is 14.1. The Morgan fingerprint density at radius 3 is 2.90 bits per heavy atom. The molecule has 0 saturated heterocycles. The molecule has 20 heavy (non-hydrogen) atoms. The summed E-state index contributed by atoms with van der Waals surface area (Å²) in [6.45, 7) is 0.635. The molecule has 0 aliphatic rings. The summed E-state index contributed by atoms with van der Waals surface area (Å²) in [4.78, 5) is 8.47. The van der Waals surface area contributed by atoms with E-state index in [1.165, 1.54) is 0 Å². The standard InChI is InChI=1S/C13H9Br2ClN4/c14-10-2-1-8(16)3-11(10)17-4-9-5-19-13-6-18-12(15)7-20(9)13/h1-3,5-7,17H,4H2. The molecule has 2 heterocycles. The van der Waals surface area contributed by atoms with Crippen LogP contribution >= 0.6 is 43.5 Å². The van der Waals surface area contributed by atoms with Gasteiger partial charge in [0.2, 0.25) is 0 Å². The molecule has 2 aromatic heterocycles. The predicted octanol–water partition coefficient (Wildman–Crippen LogP) is 4.52. The minimum Gasteiger partial charge on any atom is -0.378 e. The normalized spacial score (nSPS) is 10.9. The molecule has 0 amide bonds. The highest BCUT2D eigenvalue weighted by Gasteiger charge is 2.06. The van der Waals surface area contributed by atoms with Crippen LogP contribution in [0.2, 0.25) is 5.02 Å². The molecule has 0 fully saturated rings. The molecule has 7 heteroatoms. The van der Waals surface area contributed by atoms with Crippen molar-refractivity contribution in [3.05, 3.63) is 56.6 Å². The third-order valence-electron chi connectivity index (χ3n) is 2.83. The van der Waals surface area contributed by atoms with Crippen LogP contribution in [-0.2, 0) is 6.54 Å². The number of hydrogen-bond acceptors (Lipinski definition) is 3. The molecule has 0 aliphatic heterocycles. The van der Waals surface area contributed by atoms with Crippen LogP contribution in [-0.4, -0.2) is 14.4 Å². The van der Waals surface area contributed by atoms with E-state index in [0.717, 1.165) is 26.1 Å². The molecule has 0 atom stereocenters. The second-order valence-corrected chi connectivity index (χ2v) is 6.27. The quantitative estimate of drug-likeness (QED) is 0.683.